The number of esters is 1. The lowest BCUT2D eigenvalue weighted by Crippen LogP contribution is -2.40. The first kappa shape index (κ1) is 14.8. The van der Waals surface area contributed by atoms with E-state index in [0.717, 1.165) is 11.3 Å². The van der Waals surface area contributed by atoms with Crippen LogP contribution in [0.5, 0.6) is 5.75 Å². The fourth-order valence-electron chi connectivity index (χ4n) is 4.97. The summed E-state index contributed by atoms with van der Waals surface area (Å²) in [5.74, 6) is -0.762. The largest absolute Gasteiger partial charge is 0.425 e. The SMILES string of the molecule is O=C(CN1C(=O)[C@H]2[C@@H]3C=C[C@@H]([C@H]4C[C@H]34)[C@@H]2C1=O)Oc1ccc(F)cc1. The van der Waals surface area contributed by atoms with Gasteiger partial charge < -0.3 is 4.74 Å². The van der Waals surface area contributed by atoms with Crippen LogP contribution in [0.4, 0.5) is 4.39 Å². The zero-order valence-electron chi connectivity index (χ0n) is 13.3. The third-order valence-electron chi connectivity index (χ3n) is 6.09. The van der Waals surface area contributed by atoms with Crippen LogP contribution in [0.15, 0.2) is 36.4 Å². The molecule has 2 bridgehead atoms. The summed E-state index contributed by atoms with van der Waals surface area (Å²) in [6.45, 7) is -0.392. The van der Waals surface area contributed by atoms with Gasteiger partial charge in [0.1, 0.15) is 18.1 Å². The van der Waals surface area contributed by atoms with E-state index in [2.05, 4.69) is 12.2 Å². The zero-order valence-corrected chi connectivity index (χ0v) is 13.3. The Labute approximate surface area is 143 Å². The van der Waals surface area contributed by atoms with Gasteiger partial charge in [-0.05, 0) is 54.4 Å². The summed E-state index contributed by atoms with van der Waals surface area (Å²) >= 11 is 0. The molecule has 2 amide bonds. The second kappa shape index (κ2) is 5.00. The molecular weight excluding hydrogens is 325 g/mol. The molecule has 0 N–H and O–H groups in total. The zero-order chi connectivity index (χ0) is 17.3. The van der Waals surface area contributed by atoms with Crippen LogP contribution in [0.2, 0.25) is 0 Å². The number of nitrogens with zero attached hydrogens (tertiary/aromatic N) is 1. The van der Waals surface area contributed by atoms with Gasteiger partial charge in [0, 0.05) is 0 Å². The minimum atomic E-state index is -0.697. The molecule has 5 nitrogen and oxygen atoms in total. The predicted molar refractivity (Wildman–Crippen MR) is 83.5 cm³/mol. The van der Waals surface area contributed by atoms with E-state index >= 15 is 0 Å². The van der Waals surface area contributed by atoms with Crippen molar-refractivity contribution in [2.45, 2.75) is 6.42 Å². The number of carbonyl (C=O) groups is 3. The summed E-state index contributed by atoms with van der Waals surface area (Å²) in [5, 5.41) is 0. The molecule has 6 rings (SSSR count). The number of amides is 2. The van der Waals surface area contributed by atoms with Crippen LogP contribution in [0.25, 0.3) is 0 Å². The Morgan fingerprint density at radius 3 is 2.16 bits per heavy atom. The summed E-state index contributed by atoms with van der Waals surface area (Å²) < 4.78 is 18.0. The van der Waals surface area contributed by atoms with Gasteiger partial charge in [-0.2, -0.15) is 0 Å². The van der Waals surface area contributed by atoms with Crippen LogP contribution in [-0.4, -0.2) is 29.2 Å². The fourth-order valence-corrected chi connectivity index (χ4v) is 4.97. The summed E-state index contributed by atoms with van der Waals surface area (Å²) in [6.07, 6.45) is 5.28. The van der Waals surface area contributed by atoms with Gasteiger partial charge in [0.25, 0.3) is 0 Å². The lowest BCUT2D eigenvalue weighted by Gasteiger charge is -2.37. The van der Waals surface area contributed by atoms with Gasteiger partial charge in [0.15, 0.2) is 0 Å². The maximum absolute atomic E-state index is 12.9. The fraction of sp³-hybridized carbons (Fsp3) is 0.421. The first-order valence-corrected chi connectivity index (χ1v) is 8.54. The summed E-state index contributed by atoms with van der Waals surface area (Å²) in [5.41, 5.74) is 0. The van der Waals surface area contributed by atoms with Crippen molar-refractivity contribution in [1.82, 2.24) is 4.90 Å². The number of allylic oxidation sites excluding steroid dienone is 2. The normalized spacial score (nSPS) is 37.1. The topological polar surface area (TPSA) is 63.7 Å². The van der Waals surface area contributed by atoms with E-state index in [0.29, 0.717) is 11.8 Å². The molecule has 1 aromatic rings. The van der Waals surface area contributed by atoms with Gasteiger partial charge >= 0.3 is 5.97 Å². The van der Waals surface area contributed by atoms with Crippen molar-refractivity contribution in [1.29, 1.82) is 0 Å². The smallest absolute Gasteiger partial charge is 0.331 e. The molecule has 0 spiro atoms. The third kappa shape index (κ3) is 2.09. The van der Waals surface area contributed by atoms with Gasteiger partial charge in [-0.3, -0.25) is 14.5 Å². The Balaban J connectivity index is 1.32. The molecule has 1 heterocycles. The Hall–Kier alpha value is -2.50. The van der Waals surface area contributed by atoms with E-state index in [-0.39, 0.29) is 41.2 Å². The lowest BCUT2D eigenvalue weighted by atomic mass is 9.63. The van der Waals surface area contributed by atoms with Crippen molar-refractivity contribution in [3.8, 4) is 5.75 Å². The van der Waals surface area contributed by atoms with Crippen LogP contribution >= 0.6 is 0 Å². The number of ether oxygens (including phenoxy) is 1. The van der Waals surface area contributed by atoms with E-state index in [1.807, 2.05) is 0 Å². The summed E-state index contributed by atoms with van der Waals surface area (Å²) in [4.78, 5) is 38.7. The first-order valence-electron chi connectivity index (χ1n) is 8.54. The average Bonchev–Trinajstić information content (AvgIpc) is 3.38. The second-order valence-corrected chi connectivity index (χ2v) is 7.35. The van der Waals surface area contributed by atoms with Crippen LogP contribution in [0.3, 0.4) is 0 Å². The van der Waals surface area contributed by atoms with Crippen molar-refractivity contribution in [2.75, 3.05) is 6.54 Å². The average molecular weight is 341 g/mol. The molecule has 5 aliphatic rings. The number of hydrogen-bond acceptors (Lipinski definition) is 4. The number of benzene rings is 1. The number of likely N-dealkylation sites (tertiary alicyclic amines) is 1. The molecular formula is C19H16FNO4. The molecule has 128 valence electrons. The molecule has 6 heteroatoms. The molecule has 1 saturated heterocycles. The van der Waals surface area contributed by atoms with Crippen molar-refractivity contribution in [2.24, 2.45) is 35.5 Å². The number of carbonyl (C=O) groups excluding carboxylic acids is 3. The summed E-state index contributed by atoms with van der Waals surface area (Å²) in [6, 6.07) is 5.02. The second-order valence-electron chi connectivity index (χ2n) is 7.35. The van der Waals surface area contributed by atoms with Crippen molar-refractivity contribution in [3.05, 3.63) is 42.2 Å². The van der Waals surface area contributed by atoms with Crippen molar-refractivity contribution < 1.29 is 23.5 Å². The van der Waals surface area contributed by atoms with E-state index in [1.165, 1.54) is 24.3 Å². The number of hydrogen-bond donors (Lipinski definition) is 0. The maximum atomic E-state index is 12.9. The molecule has 3 fully saturated rings. The van der Waals surface area contributed by atoms with E-state index < -0.39 is 18.3 Å². The highest BCUT2D eigenvalue weighted by Crippen LogP contribution is 2.65. The van der Waals surface area contributed by atoms with Crippen LogP contribution < -0.4 is 4.74 Å². The number of halogens is 1. The molecule has 0 aromatic heterocycles. The lowest BCUT2D eigenvalue weighted by molar-refractivity contribution is -0.148. The van der Waals surface area contributed by atoms with Crippen LogP contribution in [-0.2, 0) is 14.4 Å². The van der Waals surface area contributed by atoms with Crippen molar-refractivity contribution >= 4 is 17.8 Å². The van der Waals surface area contributed by atoms with E-state index in [4.69, 9.17) is 4.74 Å². The Kier molecular flexibility index (Phi) is 2.96. The highest BCUT2D eigenvalue weighted by atomic mass is 19.1. The predicted octanol–water partition coefficient (Wildman–Crippen LogP) is 1.78. The van der Waals surface area contributed by atoms with Crippen LogP contribution in [0, 0.1) is 41.3 Å². The highest BCUT2D eigenvalue weighted by molar-refractivity contribution is 6.08. The van der Waals surface area contributed by atoms with Crippen LogP contribution in [0.1, 0.15) is 6.42 Å². The highest BCUT2D eigenvalue weighted by Gasteiger charge is 2.67. The maximum Gasteiger partial charge on any atom is 0.331 e. The van der Waals surface area contributed by atoms with Gasteiger partial charge in [0.05, 0.1) is 11.8 Å². The standard InChI is InChI=1S/C19H16FNO4/c20-9-1-3-10(4-2-9)25-15(22)8-21-18(23)16-11-5-6-12(14-7-13(11)14)17(16)19(21)24/h1-6,11-14,16-17H,7-8H2/t11-,12+,13-,14-,16+,17+/m1/s1. The molecule has 4 aliphatic carbocycles. The Morgan fingerprint density at radius 2 is 1.60 bits per heavy atom. The molecule has 1 aliphatic heterocycles. The molecule has 1 aromatic carbocycles. The Bertz CT molecular complexity index is 781. The monoisotopic (exact) mass is 341 g/mol. The summed E-state index contributed by atoms with van der Waals surface area (Å²) in [7, 11) is 0. The van der Waals surface area contributed by atoms with Crippen molar-refractivity contribution in [3.63, 3.8) is 0 Å². The molecule has 0 radical (unpaired) electrons. The quantitative estimate of drug-likeness (QED) is 0.364. The number of imide groups is 1. The number of rotatable bonds is 3. The van der Waals surface area contributed by atoms with Gasteiger partial charge in [0.2, 0.25) is 11.8 Å². The molecule has 25 heavy (non-hydrogen) atoms. The Morgan fingerprint density at radius 1 is 1.04 bits per heavy atom. The van der Waals surface area contributed by atoms with Gasteiger partial charge in [-0.15, -0.1) is 0 Å². The minimum absolute atomic E-state index is 0.134. The molecule has 0 unspecified atom stereocenters. The molecule has 2 saturated carbocycles. The van der Waals surface area contributed by atoms with E-state index in [1.54, 1.807) is 0 Å². The van der Waals surface area contributed by atoms with E-state index in [9.17, 15) is 18.8 Å². The third-order valence-corrected chi connectivity index (χ3v) is 6.09. The minimum Gasteiger partial charge on any atom is -0.425 e. The van der Waals surface area contributed by atoms with Gasteiger partial charge in [-0.25, -0.2) is 9.18 Å². The molecule has 6 atom stereocenters. The first-order chi connectivity index (χ1) is 12.0. The van der Waals surface area contributed by atoms with Gasteiger partial charge in [-0.1, -0.05) is 12.2 Å².